The van der Waals surface area contributed by atoms with E-state index in [1.165, 1.54) is 26.0 Å². The second kappa shape index (κ2) is 9.73. The molecule has 1 aliphatic rings. The number of aryl methyl sites for hydroxylation is 1. The summed E-state index contributed by atoms with van der Waals surface area (Å²) in [6.07, 6.45) is 3.96. The van der Waals surface area contributed by atoms with Crippen molar-refractivity contribution in [3.05, 3.63) is 65.7 Å². The summed E-state index contributed by atoms with van der Waals surface area (Å²) < 4.78 is 29.1. The Kier molecular flexibility index (Phi) is 6.61. The standard InChI is InChI=1S/C26H29F2N7O2/c1-26(2,37)24(36)21-11-20-22(13-29-21)32-25(23(31-20)17-12-30-33(3)14-17)35-8-6-34(7-9-35)15-16-4-5-18(27)10-19(16)28/h4-5,10-14,24,36-37H,6-9,15H2,1-3H3/t24-/m1/s1. The number of hydrogen-bond donors (Lipinski definition) is 2. The summed E-state index contributed by atoms with van der Waals surface area (Å²) in [5.74, 6) is -0.436. The Morgan fingerprint density at radius 3 is 2.43 bits per heavy atom. The second-order valence-corrected chi connectivity index (χ2v) is 9.95. The average Bonchev–Trinajstić information content (AvgIpc) is 3.30. The number of halogens is 2. The third-order valence-electron chi connectivity index (χ3n) is 6.56. The predicted octanol–water partition coefficient (Wildman–Crippen LogP) is 2.83. The molecule has 0 spiro atoms. The van der Waals surface area contributed by atoms with E-state index in [0.29, 0.717) is 66.5 Å². The quantitative estimate of drug-likeness (QED) is 0.409. The van der Waals surface area contributed by atoms with Gasteiger partial charge in [0, 0.05) is 63.2 Å². The highest BCUT2D eigenvalue weighted by Gasteiger charge is 2.28. The number of benzene rings is 1. The number of fused-ring (bicyclic) bond motifs is 1. The van der Waals surface area contributed by atoms with E-state index in [4.69, 9.17) is 9.97 Å². The topological polar surface area (TPSA) is 103 Å². The summed E-state index contributed by atoms with van der Waals surface area (Å²) in [7, 11) is 1.83. The van der Waals surface area contributed by atoms with Crippen LogP contribution in [0.3, 0.4) is 0 Å². The van der Waals surface area contributed by atoms with E-state index in [2.05, 4.69) is 19.9 Å². The first kappa shape index (κ1) is 25.1. The van der Waals surface area contributed by atoms with Gasteiger partial charge in [-0.2, -0.15) is 5.10 Å². The third-order valence-corrected chi connectivity index (χ3v) is 6.56. The van der Waals surface area contributed by atoms with Crippen molar-refractivity contribution in [3.8, 4) is 11.3 Å². The number of aliphatic hydroxyl groups is 2. The normalized spacial score (nSPS) is 15.9. The lowest BCUT2D eigenvalue weighted by Gasteiger charge is -2.36. The predicted molar refractivity (Wildman–Crippen MR) is 135 cm³/mol. The lowest BCUT2D eigenvalue weighted by molar-refractivity contribution is -0.0516. The van der Waals surface area contributed by atoms with Crippen molar-refractivity contribution in [3.63, 3.8) is 0 Å². The molecule has 0 bridgehead atoms. The molecule has 0 aliphatic carbocycles. The molecular weight excluding hydrogens is 480 g/mol. The molecule has 3 aromatic heterocycles. The van der Waals surface area contributed by atoms with Crippen molar-refractivity contribution in [1.29, 1.82) is 0 Å². The number of nitrogens with zero attached hydrogens (tertiary/aromatic N) is 7. The minimum absolute atomic E-state index is 0.306. The first-order chi connectivity index (χ1) is 17.6. The molecule has 1 atom stereocenters. The molecule has 194 valence electrons. The molecule has 1 saturated heterocycles. The highest BCUT2D eigenvalue weighted by Crippen LogP contribution is 2.32. The third kappa shape index (κ3) is 5.29. The molecule has 2 N–H and O–H groups in total. The van der Waals surface area contributed by atoms with Crippen LogP contribution >= 0.6 is 0 Å². The Labute approximate surface area is 213 Å². The lowest BCUT2D eigenvalue weighted by atomic mass is 9.98. The van der Waals surface area contributed by atoms with E-state index in [-0.39, 0.29) is 0 Å². The first-order valence-corrected chi connectivity index (χ1v) is 12.1. The molecule has 11 heteroatoms. The lowest BCUT2D eigenvalue weighted by Crippen LogP contribution is -2.46. The number of aromatic nitrogens is 5. The van der Waals surface area contributed by atoms with Gasteiger partial charge in [0.1, 0.15) is 28.9 Å². The molecular formula is C26H29F2N7O2. The van der Waals surface area contributed by atoms with Crippen molar-refractivity contribution in [2.24, 2.45) is 7.05 Å². The van der Waals surface area contributed by atoms with E-state index < -0.39 is 23.3 Å². The van der Waals surface area contributed by atoms with E-state index in [1.54, 1.807) is 23.1 Å². The first-order valence-electron chi connectivity index (χ1n) is 12.1. The van der Waals surface area contributed by atoms with E-state index >= 15 is 0 Å². The Morgan fingerprint density at radius 1 is 1.03 bits per heavy atom. The fraction of sp³-hybridized carbons (Fsp3) is 0.385. The Bertz CT molecular complexity index is 1430. The van der Waals surface area contributed by atoms with Gasteiger partial charge in [0.25, 0.3) is 0 Å². The minimum atomic E-state index is -1.36. The Hall–Kier alpha value is -3.54. The number of piperazine rings is 1. The van der Waals surface area contributed by atoms with Crippen LogP contribution in [0.2, 0.25) is 0 Å². The van der Waals surface area contributed by atoms with Crippen LogP contribution in [-0.4, -0.2) is 71.6 Å². The highest BCUT2D eigenvalue weighted by molar-refractivity contribution is 5.83. The van der Waals surface area contributed by atoms with Gasteiger partial charge < -0.3 is 15.1 Å². The van der Waals surface area contributed by atoms with Crippen molar-refractivity contribution in [1.82, 2.24) is 29.6 Å². The van der Waals surface area contributed by atoms with E-state index in [9.17, 15) is 19.0 Å². The van der Waals surface area contributed by atoms with E-state index in [1.807, 2.05) is 13.2 Å². The van der Waals surface area contributed by atoms with Crippen LogP contribution in [0.4, 0.5) is 14.6 Å². The van der Waals surface area contributed by atoms with Gasteiger partial charge in [0.2, 0.25) is 0 Å². The molecule has 5 rings (SSSR count). The summed E-state index contributed by atoms with van der Waals surface area (Å²) in [5.41, 5.74) is 1.95. The molecule has 0 amide bonds. The summed E-state index contributed by atoms with van der Waals surface area (Å²) in [5, 5.41) is 25.0. The second-order valence-electron chi connectivity index (χ2n) is 9.95. The maximum Gasteiger partial charge on any atom is 0.156 e. The zero-order valence-corrected chi connectivity index (χ0v) is 20.9. The fourth-order valence-electron chi connectivity index (χ4n) is 4.44. The summed E-state index contributed by atoms with van der Waals surface area (Å²) >= 11 is 0. The molecule has 0 saturated carbocycles. The van der Waals surface area contributed by atoms with Crippen LogP contribution in [0.25, 0.3) is 22.3 Å². The van der Waals surface area contributed by atoms with Crippen LogP contribution in [0, 0.1) is 11.6 Å². The minimum Gasteiger partial charge on any atom is -0.387 e. The molecule has 0 unspecified atom stereocenters. The molecule has 0 radical (unpaired) electrons. The van der Waals surface area contributed by atoms with Gasteiger partial charge in [-0.1, -0.05) is 6.07 Å². The van der Waals surface area contributed by atoms with Crippen molar-refractivity contribution in [2.45, 2.75) is 32.1 Å². The van der Waals surface area contributed by atoms with Crippen LogP contribution in [0.1, 0.15) is 31.2 Å². The highest BCUT2D eigenvalue weighted by atomic mass is 19.1. The number of anilines is 1. The largest absolute Gasteiger partial charge is 0.387 e. The molecule has 1 aromatic carbocycles. The SMILES string of the molecule is Cn1cc(-c2nc3cc([C@@H](O)C(C)(C)O)ncc3nc2N2CCN(Cc3ccc(F)cc3F)CC2)cn1. The number of aliphatic hydroxyl groups excluding tert-OH is 1. The summed E-state index contributed by atoms with van der Waals surface area (Å²) in [6.45, 7) is 6.04. The molecule has 1 aliphatic heterocycles. The maximum absolute atomic E-state index is 14.1. The average molecular weight is 510 g/mol. The van der Waals surface area contributed by atoms with Gasteiger partial charge in [-0.25, -0.2) is 18.7 Å². The monoisotopic (exact) mass is 509 g/mol. The summed E-state index contributed by atoms with van der Waals surface area (Å²) in [6, 6.07) is 5.32. The number of pyridine rings is 1. The zero-order valence-electron chi connectivity index (χ0n) is 20.9. The van der Waals surface area contributed by atoms with Crippen LogP contribution < -0.4 is 4.90 Å². The van der Waals surface area contributed by atoms with Crippen molar-refractivity contribution >= 4 is 16.9 Å². The van der Waals surface area contributed by atoms with Gasteiger partial charge in [0.05, 0.1) is 29.2 Å². The van der Waals surface area contributed by atoms with Gasteiger partial charge in [-0.3, -0.25) is 14.6 Å². The molecule has 9 nitrogen and oxygen atoms in total. The number of hydrogen-bond acceptors (Lipinski definition) is 8. The Morgan fingerprint density at radius 2 is 1.78 bits per heavy atom. The van der Waals surface area contributed by atoms with Crippen molar-refractivity contribution in [2.75, 3.05) is 31.1 Å². The molecule has 4 heterocycles. The molecule has 1 fully saturated rings. The van der Waals surface area contributed by atoms with Crippen LogP contribution in [0.15, 0.2) is 42.9 Å². The fourth-order valence-corrected chi connectivity index (χ4v) is 4.44. The van der Waals surface area contributed by atoms with Crippen LogP contribution in [-0.2, 0) is 13.6 Å². The van der Waals surface area contributed by atoms with Gasteiger partial charge in [-0.05, 0) is 26.0 Å². The maximum atomic E-state index is 14.1. The van der Waals surface area contributed by atoms with Crippen LogP contribution in [0.5, 0.6) is 0 Å². The smallest absolute Gasteiger partial charge is 0.156 e. The Balaban J connectivity index is 1.44. The molecule has 37 heavy (non-hydrogen) atoms. The summed E-state index contributed by atoms with van der Waals surface area (Å²) in [4.78, 5) is 18.3. The zero-order chi connectivity index (χ0) is 26.3. The van der Waals surface area contributed by atoms with Gasteiger partial charge in [-0.15, -0.1) is 0 Å². The van der Waals surface area contributed by atoms with E-state index in [0.717, 1.165) is 11.6 Å². The molecule has 4 aromatic rings. The van der Waals surface area contributed by atoms with Gasteiger partial charge >= 0.3 is 0 Å². The van der Waals surface area contributed by atoms with Gasteiger partial charge in [0.15, 0.2) is 5.82 Å². The number of rotatable bonds is 6. The van der Waals surface area contributed by atoms with Crippen molar-refractivity contribution < 1.29 is 19.0 Å².